The fourth-order valence-electron chi connectivity index (χ4n) is 3.16. The zero-order chi connectivity index (χ0) is 19.0. The molecule has 2 heterocycles. The summed E-state index contributed by atoms with van der Waals surface area (Å²) in [6, 6.07) is 13.3. The lowest BCUT2D eigenvalue weighted by atomic mass is 10.0. The summed E-state index contributed by atoms with van der Waals surface area (Å²) in [6.07, 6.45) is 3.69. The van der Waals surface area contributed by atoms with Gasteiger partial charge in [0.2, 0.25) is 5.88 Å². The van der Waals surface area contributed by atoms with Crippen LogP contribution in [0.2, 0.25) is 0 Å². The van der Waals surface area contributed by atoms with Crippen LogP contribution in [-0.2, 0) is 7.05 Å². The van der Waals surface area contributed by atoms with Gasteiger partial charge >= 0.3 is 0 Å². The van der Waals surface area contributed by atoms with E-state index in [4.69, 9.17) is 15.2 Å². The maximum absolute atomic E-state index is 13.2. The summed E-state index contributed by atoms with van der Waals surface area (Å²) in [5.41, 5.74) is 9.31. The van der Waals surface area contributed by atoms with Gasteiger partial charge in [-0.2, -0.15) is 0 Å². The van der Waals surface area contributed by atoms with Gasteiger partial charge in [-0.25, -0.2) is 9.37 Å². The van der Waals surface area contributed by atoms with Gasteiger partial charge in [-0.15, -0.1) is 0 Å². The van der Waals surface area contributed by atoms with Crippen LogP contribution >= 0.6 is 0 Å². The normalized spacial score (nSPS) is 10.9. The lowest BCUT2D eigenvalue weighted by molar-refractivity contribution is 0.401. The molecule has 4 rings (SSSR count). The van der Waals surface area contributed by atoms with E-state index < -0.39 is 0 Å². The van der Waals surface area contributed by atoms with E-state index in [-0.39, 0.29) is 5.82 Å². The number of ether oxygens (including phenoxy) is 2. The van der Waals surface area contributed by atoms with E-state index in [1.807, 2.05) is 36.0 Å². The Balaban J connectivity index is 1.88. The average Bonchev–Trinajstić information content (AvgIpc) is 3.02. The predicted molar refractivity (Wildman–Crippen MR) is 104 cm³/mol. The highest BCUT2D eigenvalue weighted by Crippen LogP contribution is 2.40. The van der Waals surface area contributed by atoms with Crippen LogP contribution in [0.3, 0.4) is 0 Å². The van der Waals surface area contributed by atoms with Crippen molar-refractivity contribution in [3.63, 3.8) is 0 Å². The molecule has 136 valence electrons. The third-order valence-corrected chi connectivity index (χ3v) is 4.38. The Hall–Kier alpha value is -3.54. The van der Waals surface area contributed by atoms with Crippen LogP contribution in [0, 0.1) is 5.82 Å². The number of nitrogens with zero attached hydrogens (tertiary/aromatic N) is 2. The maximum atomic E-state index is 13.2. The van der Waals surface area contributed by atoms with E-state index in [9.17, 15) is 4.39 Å². The number of hydrogen-bond acceptors (Lipinski definition) is 4. The number of nitrogens with two attached hydrogens (primary N) is 1. The lowest BCUT2D eigenvalue weighted by Gasteiger charge is -2.12. The number of pyridine rings is 1. The monoisotopic (exact) mass is 363 g/mol. The van der Waals surface area contributed by atoms with Gasteiger partial charge in [0.25, 0.3) is 0 Å². The van der Waals surface area contributed by atoms with Crippen molar-refractivity contribution in [3.05, 3.63) is 66.7 Å². The molecule has 0 saturated heterocycles. The molecule has 0 spiro atoms. The second-order valence-electron chi connectivity index (χ2n) is 6.18. The van der Waals surface area contributed by atoms with Gasteiger partial charge in [0.15, 0.2) is 0 Å². The topological polar surface area (TPSA) is 62.3 Å². The second-order valence-corrected chi connectivity index (χ2v) is 6.18. The fourth-order valence-corrected chi connectivity index (χ4v) is 3.16. The molecule has 0 aliphatic heterocycles. The van der Waals surface area contributed by atoms with Crippen molar-refractivity contribution in [2.75, 3.05) is 12.8 Å². The first-order chi connectivity index (χ1) is 13.1. The summed E-state index contributed by atoms with van der Waals surface area (Å²) < 4.78 is 26.5. The highest BCUT2D eigenvalue weighted by Gasteiger charge is 2.17. The lowest BCUT2D eigenvalue weighted by Crippen LogP contribution is -1.92. The minimum Gasteiger partial charge on any atom is -0.479 e. The summed E-state index contributed by atoms with van der Waals surface area (Å²) in [6.45, 7) is 0. The molecule has 0 fully saturated rings. The number of halogens is 1. The first-order valence-electron chi connectivity index (χ1n) is 8.38. The Morgan fingerprint density at radius 1 is 1.04 bits per heavy atom. The van der Waals surface area contributed by atoms with E-state index in [0.717, 1.165) is 22.0 Å². The van der Waals surface area contributed by atoms with Crippen molar-refractivity contribution >= 4 is 16.6 Å². The molecular weight excluding hydrogens is 345 g/mol. The minimum absolute atomic E-state index is 0.312. The van der Waals surface area contributed by atoms with Crippen LogP contribution in [0.1, 0.15) is 0 Å². The second kappa shape index (κ2) is 6.64. The summed E-state index contributed by atoms with van der Waals surface area (Å²) in [5.74, 6) is 1.40. The van der Waals surface area contributed by atoms with Gasteiger partial charge in [-0.05, 0) is 48.5 Å². The molecule has 0 bridgehead atoms. The van der Waals surface area contributed by atoms with Crippen molar-refractivity contribution in [2.45, 2.75) is 0 Å². The van der Waals surface area contributed by atoms with E-state index in [2.05, 4.69) is 4.98 Å². The number of nitrogen functional groups attached to an aromatic ring is 1. The zero-order valence-corrected chi connectivity index (χ0v) is 14.9. The first kappa shape index (κ1) is 16.9. The van der Waals surface area contributed by atoms with Crippen molar-refractivity contribution in [2.24, 2.45) is 7.05 Å². The molecule has 0 aliphatic rings. The number of methoxy groups -OCH3 is 1. The van der Waals surface area contributed by atoms with Gasteiger partial charge in [0.05, 0.1) is 7.11 Å². The summed E-state index contributed by atoms with van der Waals surface area (Å²) in [4.78, 5) is 4.27. The van der Waals surface area contributed by atoms with Gasteiger partial charge < -0.3 is 19.8 Å². The Morgan fingerprint density at radius 3 is 2.56 bits per heavy atom. The van der Waals surface area contributed by atoms with Crippen molar-refractivity contribution < 1.29 is 13.9 Å². The van der Waals surface area contributed by atoms with E-state index in [1.165, 1.54) is 12.1 Å². The maximum Gasteiger partial charge on any atom is 0.238 e. The molecule has 0 unspecified atom stereocenters. The SMILES string of the molecule is COc1nccc2c(-c3cc(N)ccc3Oc3ccc(F)cc3)cn(C)c12. The number of aromatic nitrogens is 2. The van der Waals surface area contributed by atoms with E-state index in [1.54, 1.807) is 31.5 Å². The van der Waals surface area contributed by atoms with E-state index in [0.29, 0.717) is 23.1 Å². The first-order valence-corrected chi connectivity index (χ1v) is 8.38. The molecule has 0 atom stereocenters. The Morgan fingerprint density at radius 2 is 1.81 bits per heavy atom. The van der Waals surface area contributed by atoms with Crippen LogP contribution in [0.15, 0.2) is 60.9 Å². The molecule has 4 aromatic rings. The van der Waals surface area contributed by atoms with Gasteiger partial charge in [0.1, 0.15) is 22.8 Å². The molecule has 0 amide bonds. The number of benzene rings is 2. The molecule has 0 saturated carbocycles. The zero-order valence-electron chi connectivity index (χ0n) is 14.9. The van der Waals surface area contributed by atoms with Crippen LogP contribution in [0.5, 0.6) is 17.4 Å². The number of anilines is 1. The van der Waals surface area contributed by atoms with E-state index >= 15 is 0 Å². The molecule has 27 heavy (non-hydrogen) atoms. The van der Waals surface area contributed by atoms with Gasteiger partial charge in [-0.3, -0.25) is 0 Å². The number of aryl methyl sites for hydroxylation is 1. The highest BCUT2D eigenvalue weighted by atomic mass is 19.1. The summed E-state index contributed by atoms with van der Waals surface area (Å²) in [7, 11) is 3.53. The third-order valence-electron chi connectivity index (χ3n) is 4.38. The van der Waals surface area contributed by atoms with Gasteiger partial charge in [0, 0.05) is 41.6 Å². The molecule has 0 radical (unpaired) electrons. The third kappa shape index (κ3) is 3.06. The molecule has 2 aromatic carbocycles. The van der Waals surface area contributed by atoms with Gasteiger partial charge in [-0.1, -0.05) is 0 Å². The van der Waals surface area contributed by atoms with Crippen LogP contribution in [0.25, 0.3) is 22.0 Å². The van der Waals surface area contributed by atoms with Crippen LogP contribution < -0.4 is 15.2 Å². The number of fused-ring (bicyclic) bond motifs is 1. The fraction of sp³-hybridized carbons (Fsp3) is 0.0952. The Kier molecular flexibility index (Phi) is 4.16. The Bertz CT molecular complexity index is 1120. The molecule has 5 nitrogen and oxygen atoms in total. The highest BCUT2D eigenvalue weighted by molar-refractivity contribution is 6.00. The smallest absolute Gasteiger partial charge is 0.238 e. The van der Waals surface area contributed by atoms with Crippen molar-refractivity contribution in [1.29, 1.82) is 0 Å². The Labute approximate surface area is 155 Å². The molecule has 6 heteroatoms. The number of hydrogen-bond donors (Lipinski definition) is 1. The molecule has 2 N–H and O–H groups in total. The summed E-state index contributed by atoms with van der Waals surface area (Å²) >= 11 is 0. The summed E-state index contributed by atoms with van der Waals surface area (Å²) in [5, 5.41) is 0.971. The molecule has 2 aromatic heterocycles. The minimum atomic E-state index is -0.312. The standard InChI is InChI=1S/C21H18FN3O2/c1-25-12-18(16-9-10-24-21(26-2)20(16)25)17-11-14(23)5-8-19(17)27-15-6-3-13(22)4-7-15/h3-12H,23H2,1-2H3. The van der Waals surface area contributed by atoms with Crippen molar-refractivity contribution in [3.8, 4) is 28.5 Å². The average molecular weight is 363 g/mol. The van der Waals surface area contributed by atoms with Crippen molar-refractivity contribution in [1.82, 2.24) is 9.55 Å². The predicted octanol–water partition coefficient (Wildman–Crippen LogP) is 4.76. The molecule has 0 aliphatic carbocycles. The number of rotatable bonds is 4. The quantitative estimate of drug-likeness (QED) is 0.531. The van der Waals surface area contributed by atoms with Crippen LogP contribution in [-0.4, -0.2) is 16.7 Å². The van der Waals surface area contributed by atoms with Crippen LogP contribution in [0.4, 0.5) is 10.1 Å². The molecular formula is C21H18FN3O2. The largest absolute Gasteiger partial charge is 0.479 e.